The van der Waals surface area contributed by atoms with Crippen LogP contribution >= 0.6 is 0 Å². The number of benzene rings is 1. The maximum Gasteiger partial charge on any atom is 0.254 e. The van der Waals surface area contributed by atoms with E-state index < -0.39 is 0 Å². The van der Waals surface area contributed by atoms with Gasteiger partial charge in [-0.1, -0.05) is 18.2 Å². The summed E-state index contributed by atoms with van der Waals surface area (Å²) < 4.78 is 5.35. The summed E-state index contributed by atoms with van der Waals surface area (Å²) in [4.78, 5) is 36.7. The molecule has 2 amide bonds. The van der Waals surface area contributed by atoms with Gasteiger partial charge >= 0.3 is 0 Å². The van der Waals surface area contributed by atoms with Gasteiger partial charge in [-0.15, -0.1) is 0 Å². The van der Waals surface area contributed by atoms with Crippen LogP contribution in [0.4, 0.5) is 0 Å². The fourth-order valence-corrected chi connectivity index (χ4v) is 4.34. The molecule has 5 rings (SSSR count). The molecule has 2 aliphatic heterocycles. The number of rotatable bonds is 4. The van der Waals surface area contributed by atoms with Crippen molar-refractivity contribution in [2.45, 2.75) is 18.8 Å². The van der Waals surface area contributed by atoms with E-state index in [0.717, 1.165) is 48.1 Å². The van der Waals surface area contributed by atoms with Gasteiger partial charge in [-0.25, -0.2) is 0 Å². The van der Waals surface area contributed by atoms with Gasteiger partial charge in [0.05, 0.1) is 30.8 Å². The Morgan fingerprint density at radius 1 is 0.967 bits per heavy atom. The zero-order chi connectivity index (χ0) is 20.5. The number of nitrogens with zero attached hydrogens (tertiary/aromatic N) is 4. The molecule has 2 saturated heterocycles. The molecule has 158 valence electrons. The molecule has 3 fully saturated rings. The van der Waals surface area contributed by atoms with E-state index >= 15 is 0 Å². The van der Waals surface area contributed by atoms with Gasteiger partial charge < -0.3 is 14.5 Å². The standard InChI is InChI=1S/C23H28N4O3/c28-22(16-25-11-13-30-14-12-25)26-7-9-27(10-8-26)23(29)19-15-21(17-5-6-17)24-20-4-2-1-3-18(19)20/h1-4,15,17H,5-14,16H2. The number of morpholine rings is 1. The van der Waals surface area contributed by atoms with Gasteiger partial charge in [0, 0.05) is 56.3 Å². The van der Waals surface area contributed by atoms with Crippen molar-refractivity contribution >= 4 is 22.7 Å². The lowest BCUT2D eigenvalue weighted by Crippen LogP contribution is -2.53. The van der Waals surface area contributed by atoms with E-state index in [1.54, 1.807) is 0 Å². The van der Waals surface area contributed by atoms with E-state index in [4.69, 9.17) is 9.72 Å². The lowest BCUT2D eigenvalue weighted by molar-refractivity contribution is -0.134. The Morgan fingerprint density at radius 2 is 1.67 bits per heavy atom. The minimum atomic E-state index is 0.0516. The third-order valence-electron chi connectivity index (χ3n) is 6.34. The van der Waals surface area contributed by atoms with Crippen LogP contribution in [0.15, 0.2) is 30.3 Å². The predicted octanol–water partition coefficient (Wildman–Crippen LogP) is 1.73. The summed E-state index contributed by atoms with van der Waals surface area (Å²) in [6.45, 7) is 5.77. The highest BCUT2D eigenvalue weighted by molar-refractivity contribution is 6.06. The highest BCUT2D eigenvalue weighted by Crippen LogP contribution is 2.40. The first-order valence-corrected chi connectivity index (χ1v) is 11.0. The lowest BCUT2D eigenvalue weighted by Gasteiger charge is -2.36. The number of ether oxygens (including phenoxy) is 1. The molecular weight excluding hydrogens is 380 g/mol. The van der Waals surface area contributed by atoms with E-state index in [1.807, 2.05) is 40.1 Å². The molecule has 3 aliphatic rings. The first-order valence-electron chi connectivity index (χ1n) is 11.0. The Bertz CT molecular complexity index is 945. The molecule has 3 heterocycles. The zero-order valence-corrected chi connectivity index (χ0v) is 17.3. The van der Waals surface area contributed by atoms with E-state index in [0.29, 0.717) is 51.9 Å². The van der Waals surface area contributed by atoms with Crippen molar-refractivity contribution in [3.63, 3.8) is 0 Å². The smallest absolute Gasteiger partial charge is 0.254 e. The number of para-hydroxylation sites is 1. The first-order chi connectivity index (χ1) is 14.7. The number of carbonyl (C=O) groups excluding carboxylic acids is 2. The third-order valence-corrected chi connectivity index (χ3v) is 6.34. The molecule has 0 spiro atoms. The summed E-state index contributed by atoms with van der Waals surface area (Å²) >= 11 is 0. The second kappa shape index (κ2) is 8.32. The molecule has 1 saturated carbocycles. The fourth-order valence-electron chi connectivity index (χ4n) is 4.34. The number of amides is 2. The molecule has 1 aliphatic carbocycles. The fraction of sp³-hybridized carbons (Fsp3) is 0.522. The van der Waals surface area contributed by atoms with Crippen LogP contribution in [-0.4, -0.2) is 90.5 Å². The Labute approximate surface area is 176 Å². The van der Waals surface area contributed by atoms with Crippen molar-refractivity contribution in [2.24, 2.45) is 0 Å². The third kappa shape index (κ3) is 4.04. The number of fused-ring (bicyclic) bond motifs is 1. The molecule has 0 N–H and O–H groups in total. The van der Waals surface area contributed by atoms with Gasteiger partial charge in [-0.3, -0.25) is 19.5 Å². The summed E-state index contributed by atoms with van der Waals surface area (Å²) in [6.07, 6.45) is 2.31. The Morgan fingerprint density at radius 3 is 2.40 bits per heavy atom. The number of hydrogen-bond acceptors (Lipinski definition) is 5. The van der Waals surface area contributed by atoms with Crippen LogP contribution in [-0.2, 0) is 9.53 Å². The SMILES string of the molecule is O=C(CN1CCOCC1)N1CCN(C(=O)c2cc(C3CC3)nc3ccccc23)CC1. The Kier molecular flexibility index (Phi) is 5.39. The minimum Gasteiger partial charge on any atom is -0.379 e. The molecule has 1 aromatic heterocycles. The van der Waals surface area contributed by atoms with Crippen molar-refractivity contribution < 1.29 is 14.3 Å². The van der Waals surface area contributed by atoms with Crippen molar-refractivity contribution in [3.05, 3.63) is 41.6 Å². The summed E-state index contributed by atoms with van der Waals surface area (Å²) in [6, 6.07) is 9.89. The normalized spacial score (nSPS) is 20.5. The second-order valence-electron chi connectivity index (χ2n) is 8.45. The Balaban J connectivity index is 1.26. The second-order valence-corrected chi connectivity index (χ2v) is 8.45. The van der Waals surface area contributed by atoms with Crippen molar-refractivity contribution in [1.29, 1.82) is 0 Å². The summed E-state index contributed by atoms with van der Waals surface area (Å²) in [5.41, 5.74) is 2.68. The van der Waals surface area contributed by atoms with Crippen LogP contribution in [0.5, 0.6) is 0 Å². The van der Waals surface area contributed by atoms with E-state index in [1.165, 1.54) is 0 Å². The van der Waals surface area contributed by atoms with E-state index in [-0.39, 0.29) is 11.8 Å². The van der Waals surface area contributed by atoms with Gasteiger partial charge in [-0.05, 0) is 25.0 Å². The maximum absolute atomic E-state index is 13.4. The molecular formula is C23H28N4O3. The van der Waals surface area contributed by atoms with Crippen LogP contribution in [0, 0.1) is 0 Å². The van der Waals surface area contributed by atoms with Gasteiger partial charge in [0.1, 0.15) is 0 Å². The van der Waals surface area contributed by atoms with Gasteiger partial charge in [0.25, 0.3) is 5.91 Å². The summed E-state index contributed by atoms with van der Waals surface area (Å²) in [7, 11) is 0. The molecule has 0 atom stereocenters. The lowest BCUT2D eigenvalue weighted by atomic mass is 10.0. The highest BCUT2D eigenvalue weighted by atomic mass is 16.5. The number of carbonyl (C=O) groups is 2. The van der Waals surface area contributed by atoms with E-state index in [9.17, 15) is 9.59 Å². The molecule has 7 nitrogen and oxygen atoms in total. The Hall–Kier alpha value is -2.51. The summed E-state index contributed by atoms with van der Waals surface area (Å²) in [5.74, 6) is 0.695. The molecule has 7 heteroatoms. The van der Waals surface area contributed by atoms with Crippen LogP contribution < -0.4 is 0 Å². The maximum atomic E-state index is 13.4. The van der Waals surface area contributed by atoms with Crippen molar-refractivity contribution in [2.75, 3.05) is 59.0 Å². The largest absolute Gasteiger partial charge is 0.379 e. The number of hydrogen-bond donors (Lipinski definition) is 0. The summed E-state index contributed by atoms with van der Waals surface area (Å²) in [5, 5.41) is 0.915. The van der Waals surface area contributed by atoms with Crippen molar-refractivity contribution in [1.82, 2.24) is 19.7 Å². The molecule has 0 bridgehead atoms. The van der Waals surface area contributed by atoms with Gasteiger partial charge in [0.15, 0.2) is 0 Å². The average molecular weight is 409 g/mol. The molecule has 2 aromatic rings. The molecule has 30 heavy (non-hydrogen) atoms. The van der Waals surface area contributed by atoms with Crippen LogP contribution in [0.2, 0.25) is 0 Å². The topological polar surface area (TPSA) is 66.0 Å². The van der Waals surface area contributed by atoms with Crippen molar-refractivity contribution in [3.8, 4) is 0 Å². The van der Waals surface area contributed by atoms with Gasteiger partial charge in [0.2, 0.25) is 5.91 Å². The van der Waals surface area contributed by atoms with E-state index in [2.05, 4.69) is 4.90 Å². The molecule has 0 radical (unpaired) electrons. The molecule has 1 aromatic carbocycles. The molecule has 0 unspecified atom stereocenters. The average Bonchev–Trinajstić information content (AvgIpc) is 3.64. The predicted molar refractivity (Wildman–Crippen MR) is 113 cm³/mol. The number of piperazine rings is 1. The van der Waals surface area contributed by atoms with Crippen LogP contribution in [0.1, 0.15) is 34.8 Å². The number of pyridine rings is 1. The zero-order valence-electron chi connectivity index (χ0n) is 17.3. The number of aromatic nitrogens is 1. The monoisotopic (exact) mass is 408 g/mol. The first kappa shape index (κ1) is 19.5. The quantitative estimate of drug-likeness (QED) is 0.771. The minimum absolute atomic E-state index is 0.0516. The highest BCUT2D eigenvalue weighted by Gasteiger charge is 2.30. The van der Waals surface area contributed by atoms with Crippen LogP contribution in [0.25, 0.3) is 10.9 Å². The van der Waals surface area contributed by atoms with Gasteiger partial charge in [-0.2, -0.15) is 0 Å². The van der Waals surface area contributed by atoms with Crippen LogP contribution in [0.3, 0.4) is 0 Å².